The largest absolute Gasteiger partial charge is 0.381 e. The summed E-state index contributed by atoms with van der Waals surface area (Å²) in [5, 5.41) is 7.42. The first-order valence-corrected chi connectivity index (χ1v) is 5.03. The van der Waals surface area contributed by atoms with Gasteiger partial charge in [0.2, 0.25) is 0 Å². The van der Waals surface area contributed by atoms with Crippen LogP contribution < -0.4 is 5.73 Å². The Kier molecular flexibility index (Phi) is 2.68. The molecule has 0 saturated heterocycles. The number of nitrogens with two attached hydrogens (primary N) is 1. The van der Waals surface area contributed by atoms with Gasteiger partial charge in [-0.25, -0.2) is 9.07 Å². The molecule has 0 aliphatic heterocycles. The van der Waals surface area contributed by atoms with Crippen molar-refractivity contribution in [2.24, 2.45) is 0 Å². The fraction of sp³-hybridized carbons (Fsp3) is 0.111. The first-order valence-electron chi connectivity index (χ1n) is 4.24. The Morgan fingerprint density at radius 2 is 2.20 bits per heavy atom. The molecule has 4 nitrogen and oxygen atoms in total. The Balaban J connectivity index is 2.24. The number of hydrogen-bond acceptors (Lipinski definition) is 3. The van der Waals surface area contributed by atoms with Crippen LogP contribution in [0.2, 0.25) is 0 Å². The fourth-order valence-electron chi connectivity index (χ4n) is 1.28. The molecule has 1 heterocycles. The lowest BCUT2D eigenvalue weighted by Crippen LogP contribution is -2.00. The lowest BCUT2D eigenvalue weighted by molar-refractivity contribution is 0.613. The van der Waals surface area contributed by atoms with E-state index in [4.69, 9.17) is 5.73 Å². The van der Waals surface area contributed by atoms with Gasteiger partial charge in [0, 0.05) is 4.47 Å². The third kappa shape index (κ3) is 2.53. The van der Waals surface area contributed by atoms with Crippen LogP contribution in [0.3, 0.4) is 0 Å². The molecule has 1 aromatic carbocycles. The van der Waals surface area contributed by atoms with E-state index in [1.807, 2.05) is 6.07 Å². The van der Waals surface area contributed by atoms with Crippen LogP contribution in [0.15, 0.2) is 28.9 Å². The topological polar surface area (TPSA) is 56.7 Å². The molecule has 2 N–H and O–H groups in total. The van der Waals surface area contributed by atoms with E-state index in [1.54, 1.807) is 10.9 Å². The molecule has 2 rings (SSSR count). The highest BCUT2D eigenvalue weighted by Gasteiger charge is 2.01. The van der Waals surface area contributed by atoms with E-state index in [0.29, 0.717) is 16.8 Å². The number of nitrogens with zero attached hydrogens (tertiary/aromatic N) is 3. The van der Waals surface area contributed by atoms with Crippen LogP contribution in [-0.2, 0) is 6.54 Å². The Labute approximate surface area is 94.0 Å². The quantitative estimate of drug-likeness (QED) is 0.906. The number of benzene rings is 1. The highest BCUT2D eigenvalue weighted by molar-refractivity contribution is 9.10. The van der Waals surface area contributed by atoms with Crippen molar-refractivity contribution in [1.29, 1.82) is 0 Å². The normalized spacial score (nSPS) is 10.5. The smallest absolute Gasteiger partial charge is 0.165 e. The number of anilines is 1. The molecule has 0 aliphatic carbocycles. The van der Waals surface area contributed by atoms with E-state index >= 15 is 0 Å². The second-order valence-corrected chi connectivity index (χ2v) is 4.03. The van der Waals surface area contributed by atoms with Crippen LogP contribution in [0.1, 0.15) is 5.56 Å². The first kappa shape index (κ1) is 10.1. The van der Waals surface area contributed by atoms with Gasteiger partial charge in [-0.1, -0.05) is 21.1 Å². The van der Waals surface area contributed by atoms with Crippen molar-refractivity contribution in [2.75, 3.05) is 5.73 Å². The molecule has 15 heavy (non-hydrogen) atoms. The van der Waals surface area contributed by atoms with Gasteiger partial charge in [0.1, 0.15) is 5.82 Å². The summed E-state index contributed by atoms with van der Waals surface area (Å²) in [5.74, 6) is 0.0675. The van der Waals surface area contributed by atoms with Gasteiger partial charge in [0.05, 0.1) is 12.7 Å². The van der Waals surface area contributed by atoms with Crippen LogP contribution in [0.25, 0.3) is 0 Å². The van der Waals surface area contributed by atoms with Crippen molar-refractivity contribution in [2.45, 2.75) is 6.54 Å². The lowest BCUT2D eigenvalue weighted by atomic mass is 10.2. The predicted octanol–water partition coefficient (Wildman–Crippen LogP) is 1.81. The van der Waals surface area contributed by atoms with Crippen molar-refractivity contribution in [3.05, 3.63) is 40.2 Å². The number of hydrogen-bond donors (Lipinski definition) is 1. The van der Waals surface area contributed by atoms with Crippen molar-refractivity contribution in [3.63, 3.8) is 0 Å². The van der Waals surface area contributed by atoms with Gasteiger partial charge in [-0.3, -0.25) is 0 Å². The minimum atomic E-state index is -0.285. The Bertz CT molecular complexity index is 462. The van der Waals surface area contributed by atoms with Crippen LogP contribution in [-0.4, -0.2) is 15.0 Å². The van der Waals surface area contributed by atoms with E-state index in [-0.39, 0.29) is 5.82 Å². The highest BCUT2D eigenvalue weighted by atomic mass is 79.9. The maximum Gasteiger partial charge on any atom is 0.165 e. The van der Waals surface area contributed by atoms with Crippen LogP contribution in [0.5, 0.6) is 0 Å². The minimum absolute atomic E-state index is 0.285. The van der Waals surface area contributed by atoms with E-state index < -0.39 is 0 Å². The zero-order chi connectivity index (χ0) is 10.8. The van der Waals surface area contributed by atoms with Crippen molar-refractivity contribution >= 4 is 21.7 Å². The molecule has 0 atom stereocenters. The van der Waals surface area contributed by atoms with Crippen molar-refractivity contribution in [1.82, 2.24) is 15.0 Å². The van der Waals surface area contributed by atoms with Gasteiger partial charge in [-0.15, -0.1) is 5.10 Å². The monoisotopic (exact) mass is 270 g/mol. The van der Waals surface area contributed by atoms with Crippen molar-refractivity contribution in [3.8, 4) is 0 Å². The zero-order valence-corrected chi connectivity index (χ0v) is 9.28. The predicted molar refractivity (Wildman–Crippen MR) is 57.6 cm³/mol. The molecular weight excluding hydrogens is 263 g/mol. The summed E-state index contributed by atoms with van der Waals surface area (Å²) in [6.45, 7) is 0.445. The number of rotatable bonds is 2. The van der Waals surface area contributed by atoms with Gasteiger partial charge in [-0.2, -0.15) is 0 Å². The maximum absolute atomic E-state index is 13.0. The number of halogens is 2. The van der Waals surface area contributed by atoms with E-state index in [9.17, 15) is 4.39 Å². The summed E-state index contributed by atoms with van der Waals surface area (Å²) < 4.78 is 15.3. The third-order valence-electron chi connectivity index (χ3n) is 1.82. The molecular formula is C9H8BrFN4. The van der Waals surface area contributed by atoms with Gasteiger partial charge >= 0.3 is 0 Å². The summed E-state index contributed by atoms with van der Waals surface area (Å²) in [7, 11) is 0. The standard InChI is InChI=1S/C9H8BrFN4/c10-7-1-6(2-8(11)3-7)4-15-5-9(12)13-14-15/h1-3,5H,4,12H2. The van der Waals surface area contributed by atoms with Gasteiger partial charge in [-0.05, 0) is 23.8 Å². The fourth-order valence-corrected chi connectivity index (χ4v) is 1.79. The summed E-state index contributed by atoms with van der Waals surface area (Å²) >= 11 is 3.22. The minimum Gasteiger partial charge on any atom is -0.381 e. The Hall–Kier alpha value is -1.43. The summed E-state index contributed by atoms with van der Waals surface area (Å²) in [6.07, 6.45) is 1.60. The average molecular weight is 271 g/mol. The number of nitrogen functional groups attached to an aromatic ring is 1. The molecule has 0 fully saturated rings. The molecule has 0 unspecified atom stereocenters. The molecule has 0 bridgehead atoms. The van der Waals surface area contributed by atoms with E-state index in [2.05, 4.69) is 26.2 Å². The molecule has 1 aromatic heterocycles. The lowest BCUT2D eigenvalue weighted by Gasteiger charge is -2.01. The zero-order valence-electron chi connectivity index (χ0n) is 7.69. The molecule has 0 radical (unpaired) electrons. The maximum atomic E-state index is 13.0. The van der Waals surface area contributed by atoms with E-state index in [1.165, 1.54) is 12.1 Å². The molecule has 0 amide bonds. The first-order chi connectivity index (χ1) is 7.13. The van der Waals surface area contributed by atoms with Gasteiger partial charge in [0.15, 0.2) is 5.82 Å². The highest BCUT2D eigenvalue weighted by Crippen LogP contribution is 2.15. The second-order valence-electron chi connectivity index (χ2n) is 3.12. The molecule has 0 aliphatic rings. The SMILES string of the molecule is Nc1cn(Cc2cc(F)cc(Br)c2)nn1. The van der Waals surface area contributed by atoms with Crippen molar-refractivity contribution < 1.29 is 4.39 Å². The number of aromatic nitrogens is 3. The molecule has 0 spiro atoms. The second kappa shape index (κ2) is 3.98. The summed E-state index contributed by atoms with van der Waals surface area (Å²) in [4.78, 5) is 0. The van der Waals surface area contributed by atoms with Gasteiger partial charge < -0.3 is 5.73 Å². The van der Waals surface area contributed by atoms with Crippen LogP contribution in [0, 0.1) is 5.82 Å². The Morgan fingerprint density at radius 3 is 2.80 bits per heavy atom. The summed E-state index contributed by atoms with van der Waals surface area (Å²) in [6, 6.07) is 4.67. The van der Waals surface area contributed by atoms with Crippen LogP contribution >= 0.6 is 15.9 Å². The molecule has 0 saturated carbocycles. The Morgan fingerprint density at radius 1 is 1.40 bits per heavy atom. The van der Waals surface area contributed by atoms with Crippen LogP contribution in [0.4, 0.5) is 10.2 Å². The van der Waals surface area contributed by atoms with Gasteiger partial charge in [0.25, 0.3) is 0 Å². The molecule has 78 valence electrons. The molecule has 6 heteroatoms. The molecule has 2 aromatic rings. The van der Waals surface area contributed by atoms with E-state index in [0.717, 1.165) is 5.56 Å². The average Bonchev–Trinajstić information content (AvgIpc) is 2.49. The third-order valence-corrected chi connectivity index (χ3v) is 2.28. The summed E-state index contributed by atoms with van der Waals surface area (Å²) in [5.41, 5.74) is 6.21.